The zero-order chi connectivity index (χ0) is 23.8. The maximum absolute atomic E-state index is 13.9. The van der Waals surface area contributed by atoms with Crippen molar-refractivity contribution in [2.45, 2.75) is 69.4 Å². The molecule has 0 spiro atoms. The van der Waals surface area contributed by atoms with Crippen molar-refractivity contribution < 1.29 is 38.8 Å². The number of phenolic OH excluding ortho intramolecular Hbond substituents is 1. The molecule has 5 rings (SSSR count). The number of aromatic hydroxyl groups is 1. The lowest BCUT2D eigenvalue weighted by molar-refractivity contribution is -0.142. The Balaban J connectivity index is 1.64. The number of aliphatic hydroxyl groups excluding tert-OH is 1. The van der Waals surface area contributed by atoms with Crippen LogP contribution in [0.25, 0.3) is 0 Å². The predicted molar refractivity (Wildman–Crippen MR) is 114 cm³/mol. The molecule has 3 heterocycles. The molecule has 2 fully saturated rings. The number of carbonyl (C=O) groups excluding carboxylic acids is 3. The van der Waals surface area contributed by atoms with Crippen LogP contribution in [0.3, 0.4) is 0 Å². The Kier molecular flexibility index (Phi) is 5.20. The number of esters is 1. The van der Waals surface area contributed by atoms with E-state index < -0.39 is 54.2 Å². The van der Waals surface area contributed by atoms with E-state index in [1.54, 1.807) is 19.9 Å². The molecule has 7 atom stereocenters. The standard InChI is InChI=1S/C24H27NO8/c1-9-17-20(24-15(31-9)8-16(27)33-24)23(30)18-11(5-6-13(26)19(18)22(17)29)14-7-12(25(3)4)21(28)10(2)32-14/h5-6,9-10,12,14-15,21,24,26,28H,7-8H2,1-4H3/t9-,10-,12-,14-,15-,21-,24+/m1/s1. The molecule has 2 saturated heterocycles. The van der Waals surface area contributed by atoms with Crippen molar-refractivity contribution in [3.05, 3.63) is 40.0 Å². The fourth-order valence-corrected chi connectivity index (χ4v) is 5.57. The smallest absolute Gasteiger partial charge is 0.309 e. The van der Waals surface area contributed by atoms with E-state index >= 15 is 0 Å². The first-order chi connectivity index (χ1) is 15.6. The molecule has 1 aliphatic carbocycles. The van der Waals surface area contributed by atoms with Gasteiger partial charge in [-0.3, -0.25) is 14.4 Å². The summed E-state index contributed by atoms with van der Waals surface area (Å²) in [6.07, 6.45) is -3.71. The number of fused-ring (bicyclic) bond motifs is 3. The van der Waals surface area contributed by atoms with Gasteiger partial charge >= 0.3 is 5.97 Å². The average molecular weight is 457 g/mol. The van der Waals surface area contributed by atoms with Crippen LogP contribution in [0, 0.1) is 0 Å². The summed E-state index contributed by atoms with van der Waals surface area (Å²) >= 11 is 0. The second-order valence-electron chi connectivity index (χ2n) is 9.43. The van der Waals surface area contributed by atoms with Crippen LogP contribution in [0.4, 0.5) is 0 Å². The van der Waals surface area contributed by atoms with Crippen molar-refractivity contribution in [2.75, 3.05) is 14.1 Å². The molecule has 0 bridgehead atoms. The number of rotatable bonds is 2. The molecule has 1 aromatic rings. The molecule has 0 aromatic heterocycles. The van der Waals surface area contributed by atoms with Crippen LogP contribution in [0.15, 0.2) is 23.3 Å². The molecule has 1 aromatic carbocycles. The van der Waals surface area contributed by atoms with E-state index in [1.807, 2.05) is 19.0 Å². The van der Waals surface area contributed by atoms with Crippen molar-refractivity contribution >= 4 is 17.5 Å². The molecular weight excluding hydrogens is 430 g/mol. The Hall–Kier alpha value is -2.59. The van der Waals surface area contributed by atoms with Gasteiger partial charge in [-0.05, 0) is 46.0 Å². The monoisotopic (exact) mass is 457 g/mol. The van der Waals surface area contributed by atoms with Crippen molar-refractivity contribution in [2.24, 2.45) is 0 Å². The Morgan fingerprint density at radius 2 is 1.70 bits per heavy atom. The van der Waals surface area contributed by atoms with Crippen molar-refractivity contribution in [1.82, 2.24) is 4.90 Å². The number of nitrogens with zero attached hydrogens (tertiary/aromatic N) is 1. The maximum atomic E-state index is 13.9. The first-order valence-corrected chi connectivity index (χ1v) is 11.1. The van der Waals surface area contributed by atoms with E-state index in [0.717, 1.165) is 0 Å². The zero-order valence-corrected chi connectivity index (χ0v) is 18.9. The Bertz CT molecular complexity index is 1090. The van der Waals surface area contributed by atoms with Gasteiger partial charge in [-0.25, -0.2) is 0 Å². The summed E-state index contributed by atoms with van der Waals surface area (Å²) in [5.41, 5.74) is 0.703. The molecule has 4 aliphatic rings. The highest BCUT2D eigenvalue weighted by Crippen LogP contribution is 2.46. The minimum Gasteiger partial charge on any atom is -0.507 e. The number of likely N-dealkylation sites (N-methyl/N-ethyl adjacent to an activating group) is 1. The van der Waals surface area contributed by atoms with Gasteiger partial charge in [-0.15, -0.1) is 0 Å². The normalized spacial score (nSPS) is 35.9. The minimum atomic E-state index is -0.953. The third-order valence-electron chi connectivity index (χ3n) is 7.20. The van der Waals surface area contributed by atoms with E-state index in [0.29, 0.717) is 12.0 Å². The molecular formula is C24H27NO8. The fraction of sp³-hybridized carbons (Fsp3) is 0.542. The number of Topliss-reactive ketones (excluding diaryl/α,β-unsaturated/α-hetero) is 2. The summed E-state index contributed by atoms with van der Waals surface area (Å²) < 4.78 is 17.3. The van der Waals surface area contributed by atoms with Crippen LogP contribution in [-0.2, 0) is 19.0 Å². The number of carbonyl (C=O) groups is 3. The summed E-state index contributed by atoms with van der Waals surface area (Å²) in [6, 6.07) is 2.75. The molecule has 176 valence electrons. The van der Waals surface area contributed by atoms with Gasteiger partial charge < -0.3 is 29.3 Å². The van der Waals surface area contributed by atoms with Crippen LogP contribution < -0.4 is 0 Å². The highest BCUT2D eigenvalue weighted by molar-refractivity contribution is 6.29. The number of hydrogen-bond donors (Lipinski definition) is 2. The Labute approximate surface area is 190 Å². The van der Waals surface area contributed by atoms with Gasteiger partial charge in [0, 0.05) is 17.2 Å². The SMILES string of the molecule is C[C@H]1O[C@@H]2CC(=O)O[C@@H]2C2=C1C(=O)c1c(O)ccc([C@H]3C[C@@H](N(C)C)[C@H](O)[C@@H](C)O3)c1C2=O. The van der Waals surface area contributed by atoms with Crippen molar-refractivity contribution in [1.29, 1.82) is 0 Å². The summed E-state index contributed by atoms with van der Waals surface area (Å²) in [6.45, 7) is 3.41. The number of phenols is 1. The molecule has 0 radical (unpaired) electrons. The van der Waals surface area contributed by atoms with Crippen molar-refractivity contribution in [3.63, 3.8) is 0 Å². The van der Waals surface area contributed by atoms with Gasteiger partial charge in [0.25, 0.3) is 0 Å². The second-order valence-corrected chi connectivity index (χ2v) is 9.43. The Morgan fingerprint density at radius 1 is 1.00 bits per heavy atom. The van der Waals surface area contributed by atoms with Gasteiger partial charge in [0.15, 0.2) is 17.7 Å². The summed E-state index contributed by atoms with van der Waals surface area (Å²) in [5.74, 6) is -1.76. The molecule has 3 aliphatic heterocycles. The number of ketones is 2. The lowest BCUT2D eigenvalue weighted by Crippen LogP contribution is -2.51. The zero-order valence-electron chi connectivity index (χ0n) is 18.9. The molecule has 0 unspecified atom stereocenters. The average Bonchev–Trinajstić information content (AvgIpc) is 3.12. The van der Waals surface area contributed by atoms with E-state index in [1.165, 1.54) is 6.07 Å². The number of benzene rings is 1. The molecule has 9 nitrogen and oxygen atoms in total. The number of hydrogen-bond acceptors (Lipinski definition) is 9. The van der Waals surface area contributed by atoms with Gasteiger partial charge in [-0.2, -0.15) is 0 Å². The first kappa shape index (κ1) is 22.2. The van der Waals surface area contributed by atoms with E-state index in [-0.39, 0.29) is 40.5 Å². The van der Waals surface area contributed by atoms with Crippen LogP contribution in [0.1, 0.15) is 59.1 Å². The second kappa shape index (κ2) is 7.73. The summed E-state index contributed by atoms with van der Waals surface area (Å²) in [7, 11) is 3.72. The summed E-state index contributed by atoms with van der Waals surface area (Å²) in [5, 5.41) is 21.2. The van der Waals surface area contributed by atoms with Crippen LogP contribution >= 0.6 is 0 Å². The Morgan fingerprint density at radius 3 is 2.39 bits per heavy atom. The van der Waals surface area contributed by atoms with Gasteiger partial charge in [0.2, 0.25) is 0 Å². The topological polar surface area (TPSA) is 123 Å². The molecule has 2 N–H and O–H groups in total. The van der Waals surface area contributed by atoms with Gasteiger partial charge in [0.1, 0.15) is 11.9 Å². The molecule has 9 heteroatoms. The molecule has 0 amide bonds. The predicted octanol–water partition coefficient (Wildman–Crippen LogP) is 1.31. The van der Waals surface area contributed by atoms with E-state index in [9.17, 15) is 24.6 Å². The summed E-state index contributed by atoms with van der Waals surface area (Å²) in [4.78, 5) is 41.3. The fourth-order valence-electron chi connectivity index (χ4n) is 5.57. The highest BCUT2D eigenvalue weighted by Gasteiger charge is 2.52. The highest BCUT2D eigenvalue weighted by atomic mass is 16.6. The van der Waals surface area contributed by atoms with Gasteiger partial charge in [0.05, 0.1) is 42.0 Å². The number of ether oxygens (including phenoxy) is 3. The van der Waals surface area contributed by atoms with Crippen LogP contribution in [0.5, 0.6) is 5.75 Å². The lowest BCUT2D eigenvalue weighted by Gasteiger charge is -2.42. The van der Waals surface area contributed by atoms with Crippen LogP contribution in [0.2, 0.25) is 0 Å². The lowest BCUT2D eigenvalue weighted by atomic mass is 9.74. The maximum Gasteiger partial charge on any atom is 0.309 e. The first-order valence-electron chi connectivity index (χ1n) is 11.1. The number of aliphatic hydroxyl groups is 1. The van der Waals surface area contributed by atoms with E-state index in [4.69, 9.17) is 14.2 Å². The molecule has 0 saturated carbocycles. The van der Waals surface area contributed by atoms with Gasteiger partial charge in [-0.1, -0.05) is 6.07 Å². The third kappa shape index (κ3) is 3.25. The van der Waals surface area contributed by atoms with E-state index in [2.05, 4.69) is 0 Å². The molecule has 33 heavy (non-hydrogen) atoms. The quantitative estimate of drug-likeness (QED) is 0.633. The van der Waals surface area contributed by atoms with Crippen molar-refractivity contribution in [3.8, 4) is 5.75 Å². The largest absolute Gasteiger partial charge is 0.507 e. The van der Waals surface area contributed by atoms with Crippen LogP contribution in [-0.4, -0.2) is 83.3 Å². The third-order valence-corrected chi connectivity index (χ3v) is 7.20. The minimum absolute atomic E-state index is 0.0126.